The Morgan fingerprint density at radius 1 is 1.50 bits per heavy atom. The maximum absolute atomic E-state index is 12.0. The Labute approximate surface area is 133 Å². The normalized spacial score (nSPS) is 13.6. The number of phenolic OH excluding ortho intramolecular Hbond substituents is 1. The third-order valence-electron chi connectivity index (χ3n) is 3.34. The third-order valence-corrected chi connectivity index (χ3v) is 3.70. The fourth-order valence-electron chi connectivity index (χ4n) is 1.99. The van der Waals surface area contributed by atoms with Crippen LogP contribution in [0.5, 0.6) is 5.75 Å². The van der Waals surface area contributed by atoms with Crippen LogP contribution in [-0.2, 0) is 23.9 Å². The van der Waals surface area contributed by atoms with Gasteiger partial charge in [0.2, 0.25) is 5.91 Å². The molecule has 7 heteroatoms. The number of rotatable bonds is 5. The van der Waals surface area contributed by atoms with Crippen LogP contribution in [0.1, 0.15) is 18.1 Å². The van der Waals surface area contributed by atoms with E-state index in [9.17, 15) is 15.0 Å². The average Bonchev–Trinajstić information content (AvgIpc) is 2.87. The van der Waals surface area contributed by atoms with E-state index in [2.05, 4.69) is 10.4 Å². The number of nitrogens with one attached hydrogen (secondary N) is 1. The molecular formula is C15H18ClN3O3. The van der Waals surface area contributed by atoms with E-state index >= 15 is 0 Å². The molecule has 2 aromatic rings. The van der Waals surface area contributed by atoms with Crippen LogP contribution < -0.4 is 5.32 Å². The van der Waals surface area contributed by atoms with Gasteiger partial charge in [-0.05, 0) is 24.6 Å². The fourth-order valence-corrected chi connectivity index (χ4v) is 2.23. The van der Waals surface area contributed by atoms with Gasteiger partial charge in [-0.2, -0.15) is 5.10 Å². The molecule has 1 atom stereocenters. The molecule has 3 N–H and O–H groups in total. The van der Waals surface area contributed by atoms with Crippen LogP contribution in [0, 0.1) is 0 Å². The zero-order chi connectivity index (χ0) is 16.3. The second-order valence-corrected chi connectivity index (χ2v) is 5.81. The first-order valence-electron chi connectivity index (χ1n) is 6.73. The van der Waals surface area contributed by atoms with Gasteiger partial charge in [-0.15, -0.1) is 0 Å². The van der Waals surface area contributed by atoms with E-state index in [0.717, 1.165) is 0 Å². The zero-order valence-corrected chi connectivity index (χ0v) is 13.1. The molecule has 118 valence electrons. The Balaban J connectivity index is 1.95. The minimum absolute atomic E-state index is 0.0497. The summed E-state index contributed by atoms with van der Waals surface area (Å²) in [4.78, 5) is 12.0. The van der Waals surface area contributed by atoms with Gasteiger partial charge < -0.3 is 15.5 Å². The molecule has 0 fully saturated rings. The van der Waals surface area contributed by atoms with Gasteiger partial charge in [0, 0.05) is 23.8 Å². The molecule has 0 saturated heterocycles. The standard InChI is InChI=1S/C15H18ClN3O3/c1-15(22,11-7-18-19(2)8-11)9-17-14(21)5-10-3-4-12(20)6-13(10)16/h3-4,6-8,20,22H,5,9H2,1-2H3,(H,17,21). The predicted molar refractivity (Wildman–Crippen MR) is 82.6 cm³/mol. The Morgan fingerprint density at radius 3 is 2.82 bits per heavy atom. The largest absolute Gasteiger partial charge is 0.508 e. The number of aromatic hydroxyl groups is 1. The van der Waals surface area contributed by atoms with Crippen LogP contribution in [0.4, 0.5) is 0 Å². The van der Waals surface area contributed by atoms with Gasteiger partial charge in [0.1, 0.15) is 11.4 Å². The summed E-state index contributed by atoms with van der Waals surface area (Å²) in [6.07, 6.45) is 3.33. The van der Waals surface area contributed by atoms with Gasteiger partial charge in [-0.3, -0.25) is 9.48 Å². The molecule has 1 amide bonds. The van der Waals surface area contributed by atoms with Gasteiger partial charge in [0.05, 0.1) is 19.2 Å². The number of amides is 1. The van der Waals surface area contributed by atoms with Crippen molar-refractivity contribution in [3.63, 3.8) is 0 Å². The Hall–Kier alpha value is -2.05. The summed E-state index contributed by atoms with van der Waals surface area (Å²) in [6, 6.07) is 4.45. The molecule has 1 aromatic heterocycles. The van der Waals surface area contributed by atoms with E-state index in [1.165, 1.54) is 12.1 Å². The fraction of sp³-hybridized carbons (Fsp3) is 0.333. The number of aryl methyl sites for hydroxylation is 1. The molecular weight excluding hydrogens is 306 g/mol. The highest BCUT2D eigenvalue weighted by molar-refractivity contribution is 6.31. The summed E-state index contributed by atoms with van der Waals surface area (Å²) in [7, 11) is 1.75. The number of aliphatic hydroxyl groups is 1. The molecule has 0 saturated carbocycles. The van der Waals surface area contributed by atoms with Crippen molar-refractivity contribution in [1.29, 1.82) is 0 Å². The molecule has 0 aliphatic carbocycles. The van der Waals surface area contributed by atoms with Gasteiger partial charge in [0.25, 0.3) is 0 Å². The Bertz CT molecular complexity index is 682. The second kappa shape index (κ2) is 6.37. The Kier molecular flexibility index (Phi) is 4.73. The maximum atomic E-state index is 12.0. The first-order valence-corrected chi connectivity index (χ1v) is 7.11. The number of carbonyl (C=O) groups excluding carboxylic acids is 1. The number of hydrogen-bond donors (Lipinski definition) is 3. The van der Waals surface area contributed by atoms with Crippen molar-refractivity contribution in [2.45, 2.75) is 18.9 Å². The number of hydrogen-bond acceptors (Lipinski definition) is 4. The Morgan fingerprint density at radius 2 is 2.23 bits per heavy atom. The lowest BCUT2D eigenvalue weighted by Crippen LogP contribution is -2.39. The second-order valence-electron chi connectivity index (χ2n) is 5.41. The van der Waals surface area contributed by atoms with E-state index in [4.69, 9.17) is 11.6 Å². The van der Waals surface area contributed by atoms with E-state index in [1.54, 1.807) is 37.1 Å². The van der Waals surface area contributed by atoms with E-state index in [1.807, 2.05) is 0 Å². The maximum Gasteiger partial charge on any atom is 0.224 e. The highest BCUT2D eigenvalue weighted by Gasteiger charge is 2.25. The lowest BCUT2D eigenvalue weighted by molar-refractivity contribution is -0.121. The zero-order valence-electron chi connectivity index (χ0n) is 12.4. The minimum Gasteiger partial charge on any atom is -0.508 e. The van der Waals surface area contributed by atoms with Crippen LogP contribution in [0.2, 0.25) is 5.02 Å². The molecule has 1 heterocycles. The SMILES string of the molecule is Cn1cc(C(C)(O)CNC(=O)Cc2ccc(O)cc2Cl)cn1. The monoisotopic (exact) mass is 323 g/mol. The topological polar surface area (TPSA) is 87.4 Å². The molecule has 1 aromatic carbocycles. The van der Waals surface area contributed by atoms with Crippen LogP contribution >= 0.6 is 11.6 Å². The van der Waals surface area contributed by atoms with Crippen molar-refractivity contribution in [2.24, 2.45) is 7.05 Å². The van der Waals surface area contributed by atoms with Gasteiger partial charge in [-0.1, -0.05) is 17.7 Å². The van der Waals surface area contributed by atoms with Crippen molar-refractivity contribution >= 4 is 17.5 Å². The average molecular weight is 324 g/mol. The van der Waals surface area contributed by atoms with Crippen molar-refractivity contribution in [3.05, 3.63) is 46.7 Å². The lowest BCUT2D eigenvalue weighted by atomic mass is 9.99. The van der Waals surface area contributed by atoms with Gasteiger partial charge >= 0.3 is 0 Å². The predicted octanol–water partition coefficient (Wildman–Crippen LogP) is 1.35. The molecule has 0 aliphatic rings. The van der Waals surface area contributed by atoms with Crippen molar-refractivity contribution in [2.75, 3.05) is 6.54 Å². The molecule has 0 bridgehead atoms. The smallest absolute Gasteiger partial charge is 0.224 e. The number of phenols is 1. The van der Waals surface area contributed by atoms with Gasteiger partial charge in [0.15, 0.2) is 0 Å². The number of nitrogens with zero attached hydrogens (tertiary/aromatic N) is 2. The van der Waals surface area contributed by atoms with E-state index in [-0.39, 0.29) is 24.6 Å². The molecule has 0 spiro atoms. The van der Waals surface area contributed by atoms with Crippen molar-refractivity contribution in [1.82, 2.24) is 15.1 Å². The molecule has 6 nitrogen and oxygen atoms in total. The molecule has 0 radical (unpaired) electrons. The van der Waals surface area contributed by atoms with Crippen LogP contribution in [0.3, 0.4) is 0 Å². The van der Waals surface area contributed by atoms with Crippen molar-refractivity contribution < 1.29 is 15.0 Å². The van der Waals surface area contributed by atoms with Crippen LogP contribution in [-0.4, -0.2) is 32.4 Å². The van der Waals surface area contributed by atoms with Crippen molar-refractivity contribution in [3.8, 4) is 5.75 Å². The number of benzene rings is 1. The summed E-state index contributed by atoms with van der Waals surface area (Å²) in [5.74, 6) is -0.217. The highest BCUT2D eigenvalue weighted by atomic mass is 35.5. The lowest BCUT2D eigenvalue weighted by Gasteiger charge is -2.22. The van der Waals surface area contributed by atoms with E-state index in [0.29, 0.717) is 16.1 Å². The van der Waals surface area contributed by atoms with E-state index < -0.39 is 5.60 Å². The summed E-state index contributed by atoms with van der Waals surface area (Å²) in [5.41, 5.74) is 0.0267. The first-order chi connectivity index (χ1) is 10.3. The number of aromatic nitrogens is 2. The molecule has 2 rings (SSSR count). The first kappa shape index (κ1) is 16.3. The summed E-state index contributed by atoms with van der Waals surface area (Å²) in [5, 5.41) is 26.7. The van der Waals surface area contributed by atoms with Crippen LogP contribution in [0.15, 0.2) is 30.6 Å². The summed E-state index contributed by atoms with van der Waals surface area (Å²) in [6.45, 7) is 1.67. The molecule has 1 unspecified atom stereocenters. The number of carbonyl (C=O) groups is 1. The molecule has 0 aliphatic heterocycles. The third kappa shape index (κ3) is 3.99. The quantitative estimate of drug-likeness (QED) is 0.775. The minimum atomic E-state index is -1.21. The van der Waals surface area contributed by atoms with Crippen LogP contribution in [0.25, 0.3) is 0 Å². The van der Waals surface area contributed by atoms with Gasteiger partial charge in [-0.25, -0.2) is 0 Å². The summed E-state index contributed by atoms with van der Waals surface area (Å²) < 4.78 is 1.59. The summed E-state index contributed by atoms with van der Waals surface area (Å²) >= 11 is 5.96. The highest BCUT2D eigenvalue weighted by Crippen LogP contribution is 2.22. The number of halogens is 1. The molecule has 22 heavy (non-hydrogen) atoms.